The van der Waals surface area contributed by atoms with Crippen molar-refractivity contribution in [2.75, 3.05) is 0 Å². The number of benzene rings is 1. The van der Waals surface area contributed by atoms with Crippen molar-refractivity contribution in [1.82, 2.24) is 15.4 Å². The molecular weight excluding hydrogens is 247 g/mol. The first-order valence-electron chi connectivity index (χ1n) is 5.53. The molecule has 1 N–H and O–H groups in total. The van der Waals surface area contributed by atoms with Crippen LogP contribution in [-0.4, -0.2) is 21.6 Å². The maximum atomic E-state index is 12.8. The summed E-state index contributed by atoms with van der Waals surface area (Å²) in [5.41, 5.74) is 3.83. The normalized spacial score (nSPS) is 11.2. The number of hydrazone groups is 1. The van der Waals surface area contributed by atoms with Gasteiger partial charge in [-0.15, -0.1) is 0 Å². The molecule has 1 aromatic carbocycles. The SMILES string of the molecule is CC(=NNC(=O)c1cnccn1)c1ccc(F)cc1. The van der Waals surface area contributed by atoms with Crippen LogP contribution in [0.25, 0.3) is 0 Å². The van der Waals surface area contributed by atoms with E-state index in [-0.39, 0.29) is 11.5 Å². The quantitative estimate of drug-likeness (QED) is 0.674. The fraction of sp³-hybridized carbons (Fsp3) is 0.0769. The van der Waals surface area contributed by atoms with Crippen molar-refractivity contribution in [2.45, 2.75) is 6.92 Å². The third-order valence-electron chi connectivity index (χ3n) is 2.38. The Balaban J connectivity index is 2.06. The lowest BCUT2D eigenvalue weighted by atomic mass is 10.1. The number of hydrogen-bond acceptors (Lipinski definition) is 4. The second-order valence-corrected chi connectivity index (χ2v) is 3.74. The molecule has 0 atom stereocenters. The lowest BCUT2D eigenvalue weighted by molar-refractivity contribution is 0.0949. The average molecular weight is 258 g/mol. The van der Waals surface area contributed by atoms with Crippen molar-refractivity contribution in [3.8, 4) is 0 Å². The number of hydrogen-bond donors (Lipinski definition) is 1. The van der Waals surface area contributed by atoms with Gasteiger partial charge >= 0.3 is 0 Å². The third-order valence-corrected chi connectivity index (χ3v) is 2.38. The maximum Gasteiger partial charge on any atom is 0.291 e. The molecule has 0 bridgehead atoms. The molecule has 0 fully saturated rings. The Bertz CT molecular complexity index is 596. The molecule has 2 aromatic rings. The third kappa shape index (κ3) is 3.41. The summed E-state index contributed by atoms with van der Waals surface area (Å²) in [4.78, 5) is 19.3. The van der Waals surface area contributed by atoms with Crippen LogP contribution in [0.3, 0.4) is 0 Å². The van der Waals surface area contributed by atoms with Gasteiger partial charge in [0.25, 0.3) is 5.91 Å². The van der Waals surface area contributed by atoms with E-state index in [9.17, 15) is 9.18 Å². The average Bonchev–Trinajstić information content (AvgIpc) is 2.46. The van der Waals surface area contributed by atoms with Gasteiger partial charge in [-0.05, 0) is 24.6 Å². The van der Waals surface area contributed by atoms with Gasteiger partial charge in [0.1, 0.15) is 11.5 Å². The van der Waals surface area contributed by atoms with Gasteiger partial charge in [0.2, 0.25) is 0 Å². The number of aromatic nitrogens is 2. The minimum Gasteiger partial charge on any atom is -0.265 e. The van der Waals surface area contributed by atoms with Crippen LogP contribution in [0, 0.1) is 5.82 Å². The van der Waals surface area contributed by atoms with E-state index in [1.54, 1.807) is 19.1 Å². The summed E-state index contributed by atoms with van der Waals surface area (Å²) >= 11 is 0. The Labute approximate surface area is 109 Å². The molecule has 96 valence electrons. The molecule has 1 aromatic heterocycles. The first-order valence-corrected chi connectivity index (χ1v) is 5.53. The molecule has 5 nitrogen and oxygen atoms in total. The molecule has 19 heavy (non-hydrogen) atoms. The number of nitrogens with zero attached hydrogens (tertiary/aromatic N) is 3. The molecular formula is C13H11FN4O. The van der Waals surface area contributed by atoms with E-state index >= 15 is 0 Å². The molecule has 0 unspecified atom stereocenters. The monoisotopic (exact) mass is 258 g/mol. The minimum atomic E-state index is -0.449. The lowest BCUT2D eigenvalue weighted by Crippen LogP contribution is -2.20. The van der Waals surface area contributed by atoms with Crippen molar-refractivity contribution < 1.29 is 9.18 Å². The standard InChI is InChI=1S/C13H11FN4O/c1-9(10-2-4-11(14)5-3-10)17-18-13(19)12-8-15-6-7-16-12/h2-8H,1H3,(H,18,19). The smallest absolute Gasteiger partial charge is 0.265 e. The van der Waals surface area contributed by atoms with Crippen LogP contribution in [0.2, 0.25) is 0 Å². The van der Waals surface area contributed by atoms with Gasteiger partial charge in [0.15, 0.2) is 0 Å². The van der Waals surface area contributed by atoms with E-state index in [2.05, 4.69) is 20.5 Å². The Morgan fingerprint density at radius 1 is 1.26 bits per heavy atom. The predicted molar refractivity (Wildman–Crippen MR) is 68.1 cm³/mol. The van der Waals surface area contributed by atoms with Gasteiger partial charge in [-0.3, -0.25) is 9.78 Å². The van der Waals surface area contributed by atoms with E-state index in [4.69, 9.17) is 0 Å². The number of rotatable bonds is 3. The van der Waals surface area contributed by atoms with Gasteiger partial charge in [-0.2, -0.15) is 5.10 Å². The van der Waals surface area contributed by atoms with Crippen molar-refractivity contribution in [3.63, 3.8) is 0 Å². The molecule has 2 rings (SSSR count). The predicted octanol–water partition coefficient (Wildman–Crippen LogP) is 1.77. The topological polar surface area (TPSA) is 67.2 Å². The van der Waals surface area contributed by atoms with Crippen molar-refractivity contribution in [1.29, 1.82) is 0 Å². The fourth-order valence-electron chi connectivity index (χ4n) is 1.36. The van der Waals surface area contributed by atoms with E-state index in [1.165, 1.54) is 30.7 Å². The zero-order valence-corrected chi connectivity index (χ0v) is 10.2. The highest BCUT2D eigenvalue weighted by Crippen LogP contribution is 2.04. The summed E-state index contributed by atoms with van der Waals surface area (Å²) in [6.07, 6.45) is 4.24. The highest BCUT2D eigenvalue weighted by atomic mass is 19.1. The number of carbonyl (C=O) groups excluding carboxylic acids is 1. The Morgan fingerprint density at radius 2 is 2.00 bits per heavy atom. The highest BCUT2D eigenvalue weighted by Gasteiger charge is 2.05. The molecule has 1 amide bonds. The molecule has 0 saturated heterocycles. The van der Waals surface area contributed by atoms with Gasteiger partial charge in [0.05, 0.1) is 11.9 Å². The van der Waals surface area contributed by atoms with Gasteiger partial charge in [-0.25, -0.2) is 14.8 Å². The van der Waals surface area contributed by atoms with E-state index < -0.39 is 5.91 Å². The lowest BCUT2D eigenvalue weighted by Gasteiger charge is -2.02. The second-order valence-electron chi connectivity index (χ2n) is 3.74. The number of amides is 1. The highest BCUT2D eigenvalue weighted by molar-refractivity contribution is 6.00. The van der Waals surface area contributed by atoms with E-state index in [1.807, 2.05) is 0 Å². The van der Waals surface area contributed by atoms with Crippen LogP contribution in [0.15, 0.2) is 48.0 Å². The Morgan fingerprint density at radius 3 is 2.63 bits per heavy atom. The largest absolute Gasteiger partial charge is 0.291 e. The molecule has 0 radical (unpaired) electrons. The van der Waals surface area contributed by atoms with Crippen LogP contribution < -0.4 is 5.43 Å². The zero-order chi connectivity index (χ0) is 13.7. The van der Waals surface area contributed by atoms with Crippen LogP contribution in [-0.2, 0) is 0 Å². The summed E-state index contributed by atoms with van der Waals surface area (Å²) in [5, 5.41) is 3.93. The fourth-order valence-corrected chi connectivity index (χ4v) is 1.36. The van der Waals surface area contributed by atoms with Crippen molar-refractivity contribution in [3.05, 3.63) is 59.9 Å². The van der Waals surface area contributed by atoms with Crippen molar-refractivity contribution >= 4 is 11.6 Å². The van der Waals surface area contributed by atoms with Crippen LogP contribution in [0.4, 0.5) is 4.39 Å². The summed E-state index contributed by atoms with van der Waals surface area (Å²) in [5.74, 6) is -0.769. The molecule has 0 spiro atoms. The molecule has 1 heterocycles. The maximum absolute atomic E-state index is 12.8. The molecule has 0 aliphatic carbocycles. The Hall–Kier alpha value is -2.63. The summed E-state index contributed by atoms with van der Waals surface area (Å²) in [7, 11) is 0. The first-order chi connectivity index (χ1) is 9.16. The first kappa shape index (κ1) is 12.8. The molecule has 0 aliphatic rings. The van der Waals surface area contributed by atoms with Gasteiger partial charge in [0, 0.05) is 12.4 Å². The minimum absolute atomic E-state index is 0.179. The molecule has 0 aliphatic heterocycles. The van der Waals surface area contributed by atoms with Gasteiger partial charge in [-0.1, -0.05) is 12.1 Å². The number of carbonyl (C=O) groups is 1. The van der Waals surface area contributed by atoms with Crippen molar-refractivity contribution in [2.24, 2.45) is 5.10 Å². The van der Waals surface area contributed by atoms with Crippen LogP contribution in [0.5, 0.6) is 0 Å². The van der Waals surface area contributed by atoms with Gasteiger partial charge < -0.3 is 0 Å². The van der Waals surface area contributed by atoms with E-state index in [0.717, 1.165) is 5.56 Å². The Kier molecular flexibility index (Phi) is 3.92. The summed E-state index contributed by atoms with van der Waals surface area (Å²) in [6, 6.07) is 5.84. The number of halogens is 1. The summed E-state index contributed by atoms with van der Waals surface area (Å²) < 4.78 is 12.8. The number of nitrogens with one attached hydrogen (secondary N) is 1. The summed E-state index contributed by atoms with van der Waals surface area (Å²) in [6.45, 7) is 1.71. The zero-order valence-electron chi connectivity index (χ0n) is 10.2. The second kappa shape index (κ2) is 5.81. The van der Waals surface area contributed by atoms with Crippen LogP contribution >= 0.6 is 0 Å². The molecule has 6 heteroatoms. The van der Waals surface area contributed by atoms with E-state index in [0.29, 0.717) is 5.71 Å². The van der Waals surface area contributed by atoms with Crippen LogP contribution in [0.1, 0.15) is 23.0 Å². The molecule has 0 saturated carbocycles.